The van der Waals surface area contributed by atoms with Gasteiger partial charge in [0.2, 0.25) is 5.78 Å². The van der Waals surface area contributed by atoms with Crippen molar-refractivity contribution in [3.8, 4) is 5.75 Å². The van der Waals surface area contributed by atoms with E-state index in [0.717, 1.165) is 18.3 Å². The molecule has 0 amide bonds. The first kappa shape index (κ1) is 15.4. The van der Waals surface area contributed by atoms with Gasteiger partial charge in [0.25, 0.3) is 0 Å². The van der Waals surface area contributed by atoms with Gasteiger partial charge in [0.15, 0.2) is 12.8 Å². The summed E-state index contributed by atoms with van der Waals surface area (Å²) in [7, 11) is 1.33. The minimum atomic E-state index is -0.945. The second kappa shape index (κ2) is 6.66. The van der Waals surface area contributed by atoms with E-state index in [0.29, 0.717) is 4.73 Å². The van der Waals surface area contributed by atoms with E-state index in [1.807, 2.05) is 0 Å². The quantitative estimate of drug-likeness (QED) is 0.362. The molecule has 2 aromatic rings. The summed E-state index contributed by atoms with van der Waals surface area (Å²) < 4.78 is 23.3. The third-order valence-corrected chi connectivity index (χ3v) is 2.83. The maximum absolute atomic E-state index is 13.2. The Morgan fingerprint density at radius 2 is 2.05 bits per heavy atom. The van der Waals surface area contributed by atoms with Gasteiger partial charge in [-0.05, 0) is 24.3 Å². The zero-order chi connectivity index (χ0) is 16.1. The molecule has 1 aromatic heterocycles. The average molecular weight is 305 g/mol. The summed E-state index contributed by atoms with van der Waals surface area (Å²) in [5, 5.41) is 11.4. The van der Waals surface area contributed by atoms with E-state index in [9.17, 15) is 19.2 Å². The van der Waals surface area contributed by atoms with Crippen LogP contribution in [0.15, 0.2) is 42.6 Å². The van der Waals surface area contributed by atoms with Gasteiger partial charge in [0.05, 0.1) is 12.7 Å². The summed E-state index contributed by atoms with van der Waals surface area (Å²) in [4.78, 5) is 23.7. The monoisotopic (exact) mass is 305 g/mol. The van der Waals surface area contributed by atoms with E-state index in [4.69, 9.17) is 9.47 Å². The smallest absolute Gasteiger partial charge is 0.405 e. The van der Waals surface area contributed by atoms with E-state index >= 15 is 0 Å². The van der Waals surface area contributed by atoms with Crippen LogP contribution in [-0.4, -0.2) is 25.5 Å². The van der Waals surface area contributed by atoms with Crippen LogP contribution in [0.4, 0.5) is 4.39 Å². The Bertz CT molecular complexity index is 717. The molecule has 0 fully saturated rings. The Balaban J connectivity index is 2.09. The Morgan fingerprint density at radius 1 is 1.27 bits per heavy atom. The topological polar surface area (TPSA) is 79.5 Å². The third kappa shape index (κ3) is 3.38. The molecule has 0 aliphatic rings. The molecule has 0 spiro atoms. The number of pyridine rings is 1. The highest BCUT2D eigenvalue weighted by atomic mass is 19.1. The highest BCUT2D eigenvalue weighted by Crippen LogP contribution is 2.20. The average Bonchev–Trinajstić information content (AvgIpc) is 2.52. The number of methoxy groups -OCH3 is 1. The number of carbonyl (C=O) groups excluding carboxylic acids is 2. The molecular formula is C15H12FNO5. The predicted molar refractivity (Wildman–Crippen MR) is 73.0 cm³/mol. The van der Waals surface area contributed by atoms with Crippen molar-refractivity contribution in [2.24, 2.45) is 0 Å². The van der Waals surface area contributed by atoms with Gasteiger partial charge in [-0.15, -0.1) is 0 Å². The van der Waals surface area contributed by atoms with Gasteiger partial charge < -0.3 is 14.7 Å². The number of aromatic nitrogens is 1. The number of nitrogens with zero attached hydrogens (tertiary/aromatic N) is 1. The molecule has 114 valence electrons. The van der Waals surface area contributed by atoms with Gasteiger partial charge in [-0.1, -0.05) is 0 Å². The summed E-state index contributed by atoms with van der Waals surface area (Å²) in [6.07, 6.45) is 1.13. The normalized spacial score (nSPS) is 10.1. The molecule has 22 heavy (non-hydrogen) atoms. The van der Waals surface area contributed by atoms with Crippen molar-refractivity contribution in [3.05, 3.63) is 64.9 Å². The molecule has 0 radical (unpaired) electrons. The first-order valence-electron chi connectivity index (χ1n) is 6.25. The van der Waals surface area contributed by atoms with E-state index < -0.39 is 24.2 Å². The minimum absolute atomic E-state index is 0.0432. The SMILES string of the molecule is COc1ccc(F)cc1C(=O)COC(=O)c1cccc[n+]1[O-]. The number of esters is 1. The van der Waals surface area contributed by atoms with Crippen molar-refractivity contribution in [1.82, 2.24) is 0 Å². The number of ether oxygens (including phenoxy) is 2. The highest BCUT2D eigenvalue weighted by molar-refractivity contribution is 6.01. The lowest BCUT2D eigenvalue weighted by Crippen LogP contribution is -2.35. The zero-order valence-corrected chi connectivity index (χ0v) is 11.6. The third-order valence-electron chi connectivity index (χ3n) is 2.83. The zero-order valence-electron chi connectivity index (χ0n) is 11.6. The molecule has 0 bridgehead atoms. The van der Waals surface area contributed by atoms with Crippen molar-refractivity contribution >= 4 is 11.8 Å². The fourth-order valence-corrected chi connectivity index (χ4v) is 1.77. The maximum atomic E-state index is 13.2. The number of rotatable bonds is 5. The standard InChI is InChI=1S/C15H12FNO5/c1-21-14-6-5-10(16)8-11(14)13(18)9-22-15(19)12-4-2-3-7-17(12)20/h2-8H,9H2,1H3. The fraction of sp³-hybridized carbons (Fsp3) is 0.133. The number of hydrogen-bond donors (Lipinski definition) is 0. The van der Waals surface area contributed by atoms with Crippen LogP contribution < -0.4 is 9.47 Å². The van der Waals surface area contributed by atoms with Gasteiger partial charge in [-0.25, -0.2) is 9.18 Å². The highest BCUT2D eigenvalue weighted by Gasteiger charge is 2.20. The predicted octanol–water partition coefficient (Wildman–Crippen LogP) is 1.51. The van der Waals surface area contributed by atoms with Crippen LogP contribution in [0.3, 0.4) is 0 Å². The van der Waals surface area contributed by atoms with E-state index in [2.05, 4.69) is 0 Å². The summed E-state index contributed by atoms with van der Waals surface area (Å²) in [6, 6.07) is 7.64. The number of ketones is 1. The molecule has 0 saturated heterocycles. The van der Waals surface area contributed by atoms with Crippen LogP contribution in [0.1, 0.15) is 20.8 Å². The Morgan fingerprint density at radius 3 is 2.73 bits per heavy atom. The lowest BCUT2D eigenvalue weighted by Gasteiger charge is -2.08. The molecular weight excluding hydrogens is 293 g/mol. The molecule has 6 nitrogen and oxygen atoms in total. The fourth-order valence-electron chi connectivity index (χ4n) is 1.77. The summed E-state index contributed by atoms with van der Waals surface area (Å²) in [5.41, 5.74) is -0.292. The first-order chi connectivity index (χ1) is 10.5. The molecule has 1 aromatic carbocycles. The van der Waals surface area contributed by atoms with E-state index in [1.54, 1.807) is 0 Å². The lowest BCUT2D eigenvalue weighted by atomic mass is 10.1. The van der Waals surface area contributed by atoms with Crippen LogP contribution in [0.2, 0.25) is 0 Å². The molecule has 0 aliphatic carbocycles. The van der Waals surface area contributed by atoms with Crippen LogP contribution in [-0.2, 0) is 4.74 Å². The summed E-state index contributed by atoms with van der Waals surface area (Å²) >= 11 is 0. The summed E-state index contributed by atoms with van der Waals surface area (Å²) in [5.74, 6) is -2.03. The van der Waals surface area contributed by atoms with Gasteiger partial charge >= 0.3 is 11.7 Å². The van der Waals surface area contributed by atoms with Crippen molar-refractivity contribution in [2.75, 3.05) is 13.7 Å². The van der Waals surface area contributed by atoms with E-state index in [1.165, 1.54) is 31.4 Å². The molecule has 0 saturated carbocycles. The van der Waals surface area contributed by atoms with Crippen molar-refractivity contribution in [1.29, 1.82) is 0 Å². The minimum Gasteiger partial charge on any atom is -0.618 e. The van der Waals surface area contributed by atoms with Crippen LogP contribution >= 0.6 is 0 Å². The van der Waals surface area contributed by atoms with Gasteiger partial charge in [0, 0.05) is 12.1 Å². The number of carbonyl (C=O) groups is 2. The Kier molecular flexibility index (Phi) is 4.67. The molecule has 0 unspecified atom stereocenters. The second-order valence-corrected chi connectivity index (χ2v) is 4.26. The van der Waals surface area contributed by atoms with Crippen LogP contribution in [0.5, 0.6) is 5.75 Å². The molecule has 0 aliphatic heterocycles. The summed E-state index contributed by atoms with van der Waals surface area (Å²) in [6.45, 7) is -0.631. The van der Waals surface area contributed by atoms with Gasteiger partial charge in [0.1, 0.15) is 11.6 Å². The van der Waals surface area contributed by atoms with Gasteiger partial charge in [-0.2, -0.15) is 4.73 Å². The number of halogens is 1. The Hall–Kier alpha value is -2.96. The van der Waals surface area contributed by atoms with Crippen molar-refractivity contribution < 1.29 is 28.2 Å². The largest absolute Gasteiger partial charge is 0.618 e. The molecule has 7 heteroatoms. The van der Waals surface area contributed by atoms with Crippen molar-refractivity contribution in [2.45, 2.75) is 0 Å². The second-order valence-electron chi connectivity index (χ2n) is 4.26. The molecule has 0 N–H and O–H groups in total. The molecule has 0 atom stereocenters. The van der Waals surface area contributed by atoms with E-state index in [-0.39, 0.29) is 17.0 Å². The molecule has 1 heterocycles. The lowest BCUT2D eigenvalue weighted by molar-refractivity contribution is -0.608. The number of Topliss-reactive ketones (excluding diaryl/α,β-unsaturated/α-hetero) is 1. The number of hydrogen-bond acceptors (Lipinski definition) is 5. The van der Waals surface area contributed by atoms with Crippen LogP contribution in [0.25, 0.3) is 0 Å². The van der Waals surface area contributed by atoms with Crippen molar-refractivity contribution in [3.63, 3.8) is 0 Å². The maximum Gasteiger partial charge on any atom is 0.405 e. The first-order valence-corrected chi connectivity index (χ1v) is 6.25. The number of benzene rings is 1. The molecule has 2 rings (SSSR count). The Labute approximate surface area is 125 Å². The van der Waals surface area contributed by atoms with Gasteiger partial charge in [-0.3, -0.25) is 4.79 Å². The van der Waals surface area contributed by atoms with Crippen LogP contribution in [0, 0.1) is 11.0 Å².